The lowest BCUT2D eigenvalue weighted by atomic mass is 9.93. The molecule has 0 bridgehead atoms. The second-order valence-electron chi connectivity index (χ2n) is 12.2. The third-order valence-electron chi connectivity index (χ3n) is 8.51. The molecule has 3 heterocycles. The van der Waals surface area contributed by atoms with E-state index in [9.17, 15) is 44.3 Å². The number of pyridine rings is 1. The molecule has 2 atom stereocenters. The SMILES string of the molecule is CCOC(=O)N1c2ccc(OC)nc2[C@@H](Nc2ncc(CCCS(=O)(=O)CCC(=O)OC)c(Cc3cc(C(F)(F)F)cc(C(F)(F)F)c3)n2)C[C@H]1CC. The number of fused-ring (bicyclic) bond motifs is 1. The highest BCUT2D eigenvalue weighted by molar-refractivity contribution is 7.91. The molecule has 1 N–H and O–H groups in total. The number of esters is 1. The summed E-state index contributed by atoms with van der Waals surface area (Å²) in [5, 5.41) is 3.16. The van der Waals surface area contributed by atoms with E-state index in [0.29, 0.717) is 29.9 Å². The zero-order chi connectivity index (χ0) is 39.1. The summed E-state index contributed by atoms with van der Waals surface area (Å²) >= 11 is 0. The van der Waals surface area contributed by atoms with Crippen LogP contribution in [0.5, 0.6) is 5.88 Å². The largest absolute Gasteiger partial charge is 0.481 e. The Kier molecular flexibility index (Phi) is 13.2. The first-order valence-electron chi connectivity index (χ1n) is 16.6. The van der Waals surface area contributed by atoms with Crippen molar-refractivity contribution in [1.29, 1.82) is 0 Å². The minimum atomic E-state index is -5.08. The standard InChI is InChI=1S/C34H39F6N5O7S/c1-5-24-18-26(30-27(9-10-28(44-30)50-3)45(24)32(47)52-6-2)43-31-41-19-21(8-7-12-53(48,49)13-11-29(46)51-4)25(42-31)16-20-14-22(33(35,36)37)17-23(15-20)34(38,39)40/h9-10,14-15,17,19,24,26H,5-8,11-13,16,18H2,1-4H3,(H,41,42,43)/t24-,26+/m1/s1. The zero-order valence-corrected chi connectivity index (χ0v) is 30.1. The van der Waals surface area contributed by atoms with Crippen LogP contribution in [0.15, 0.2) is 36.5 Å². The Morgan fingerprint density at radius 2 is 1.66 bits per heavy atom. The van der Waals surface area contributed by atoms with E-state index in [1.165, 1.54) is 18.2 Å². The fraction of sp³-hybridized carbons (Fsp3) is 0.500. The Hall–Kier alpha value is -4.68. The summed E-state index contributed by atoms with van der Waals surface area (Å²) in [6, 6.07) is 3.45. The molecule has 0 unspecified atom stereocenters. The van der Waals surface area contributed by atoms with Gasteiger partial charge in [0.05, 0.1) is 73.0 Å². The number of sulfone groups is 1. The second kappa shape index (κ2) is 17.0. The van der Waals surface area contributed by atoms with E-state index in [1.807, 2.05) is 6.92 Å². The van der Waals surface area contributed by atoms with Gasteiger partial charge in [0.25, 0.3) is 0 Å². The van der Waals surface area contributed by atoms with Crippen LogP contribution < -0.4 is 15.0 Å². The molecule has 1 aliphatic rings. The number of methoxy groups -OCH3 is 2. The lowest BCUT2D eigenvalue weighted by molar-refractivity contribution is -0.143. The molecule has 0 saturated heterocycles. The highest BCUT2D eigenvalue weighted by Crippen LogP contribution is 2.41. The number of halogens is 6. The normalized spacial score (nSPS) is 16.2. The number of nitrogens with zero attached hydrogens (tertiary/aromatic N) is 4. The number of aromatic nitrogens is 3. The number of amides is 1. The van der Waals surface area contributed by atoms with E-state index < -0.39 is 63.6 Å². The van der Waals surface area contributed by atoms with Crippen LogP contribution in [0.3, 0.4) is 0 Å². The van der Waals surface area contributed by atoms with E-state index in [-0.39, 0.29) is 78.8 Å². The second-order valence-corrected chi connectivity index (χ2v) is 14.5. The van der Waals surface area contributed by atoms with Crippen LogP contribution in [-0.2, 0) is 49.3 Å². The monoisotopic (exact) mass is 775 g/mol. The first-order chi connectivity index (χ1) is 24.9. The molecule has 0 aliphatic carbocycles. The summed E-state index contributed by atoms with van der Waals surface area (Å²) in [5.41, 5.74) is -2.19. The number of nitrogens with one attached hydrogen (secondary N) is 1. The van der Waals surface area contributed by atoms with Crippen molar-refractivity contribution in [3.8, 4) is 5.88 Å². The fourth-order valence-corrected chi connectivity index (χ4v) is 7.16. The molecule has 1 aliphatic heterocycles. The average molecular weight is 776 g/mol. The van der Waals surface area contributed by atoms with Gasteiger partial charge in [-0.1, -0.05) is 6.92 Å². The average Bonchev–Trinajstić information content (AvgIpc) is 3.10. The number of rotatable bonds is 14. The van der Waals surface area contributed by atoms with Crippen molar-refractivity contribution in [2.24, 2.45) is 0 Å². The fourth-order valence-electron chi connectivity index (χ4n) is 5.90. The van der Waals surface area contributed by atoms with E-state index in [2.05, 4.69) is 25.0 Å². The van der Waals surface area contributed by atoms with Gasteiger partial charge in [0.2, 0.25) is 11.8 Å². The van der Waals surface area contributed by atoms with Crippen molar-refractivity contribution in [2.75, 3.05) is 42.5 Å². The third-order valence-corrected chi connectivity index (χ3v) is 10.2. The molecule has 4 rings (SSSR count). The summed E-state index contributed by atoms with van der Waals surface area (Å²) in [4.78, 5) is 39.4. The number of aryl methyl sites for hydroxylation is 1. The summed E-state index contributed by atoms with van der Waals surface area (Å²) in [5.74, 6) is -1.35. The molecular formula is C34H39F6N5O7S. The van der Waals surface area contributed by atoms with E-state index in [1.54, 1.807) is 19.1 Å². The first-order valence-corrected chi connectivity index (χ1v) is 18.4. The minimum absolute atomic E-state index is 0.00438. The van der Waals surface area contributed by atoms with Crippen molar-refractivity contribution in [3.63, 3.8) is 0 Å². The number of benzene rings is 1. The maximum absolute atomic E-state index is 13.7. The van der Waals surface area contributed by atoms with Gasteiger partial charge in [-0.2, -0.15) is 26.3 Å². The molecule has 0 fully saturated rings. The predicted molar refractivity (Wildman–Crippen MR) is 180 cm³/mol. The molecule has 12 nitrogen and oxygen atoms in total. The van der Waals surface area contributed by atoms with Crippen LogP contribution in [0, 0.1) is 0 Å². The molecule has 0 saturated carbocycles. The maximum Gasteiger partial charge on any atom is 0.416 e. The van der Waals surface area contributed by atoms with E-state index in [4.69, 9.17) is 9.47 Å². The van der Waals surface area contributed by atoms with Crippen molar-refractivity contribution in [1.82, 2.24) is 15.0 Å². The number of hydrogen-bond donors (Lipinski definition) is 1. The molecule has 53 heavy (non-hydrogen) atoms. The van der Waals surface area contributed by atoms with Gasteiger partial charge in [-0.15, -0.1) is 0 Å². The van der Waals surface area contributed by atoms with Gasteiger partial charge in [0.15, 0.2) is 9.84 Å². The maximum atomic E-state index is 13.7. The minimum Gasteiger partial charge on any atom is -0.481 e. The predicted octanol–water partition coefficient (Wildman–Crippen LogP) is 6.72. The highest BCUT2D eigenvalue weighted by Gasteiger charge is 2.39. The van der Waals surface area contributed by atoms with Gasteiger partial charge in [-0.05, 0) is 68.0 Å². The quantitative estimate of drug-likeness (QED) is 0.137. The molecule has 1 amide bonds. The van der Waals surface area contributed by atoms with Crippen molar-refractivity contribution in [3.05, 3.63) is 70.2 Å². The van der Waals surface area contributed by atoms with Gasteiger partial charge in [-0.3, -0.25) is 9.69 Å². The van der Waals surface area contributed by atoms with Gasteiger partial charge >= 0.3 is 24.4 Å². The summed E-state index contributed by atoms with van der Waals surface area (Å²) in [6.45, 7) is 3.68. The Bertz CT molecular complexity index is 1860. The van der Waals surface area contributed by atoms with Crippen LogP contribution in [0.2, 0.25) is 0 Å². The van der Waals surface area contributed by atoms with Gasteiger partial charge < -0.3 is 19.5 Å². The molecule has 3 aromatic rings. The first kappa shape index (κ1) is 41.1. The summed E-state index contributed by atoms with van der Waals surface area (Å²) in [6.07, 6.45) is -9.48. The molecule has 0 spiro atoms. The summed E-state index contributed by atoms with van der Waals surface area (Å²) < 4.78 is 122. The zero-order valence-electron chi connectivity index (χ0n) is 29.3. The van der Waals surface area contributed by atoms with Crippen molar-refractivity contribution < 1.29 is 58.6 Å². The number of ether oxygens (including phenoxy) is 3. The number of carbonyl (C=O) groups is 2. The highest BCUT2D eigenvalue weighted by atomic mass is 32.2. The lowest BCUT2D eigenvalue weighted by Crippen LogP contribution is -2.46. The molecule has 19 heteroatoms. The molecular weight excluding hydrogens is 736 g/mol. The topological polar surface area (TPSA) is 150 Å². The van der Waals surface area contributed by atoms with Gasteiger partial charge in [0, 0.05) is 24.7 Å². The molecule has 1 aromatic carbocycles. The molecule has 0 radical (unpaired) electrons. The Morgan fingerprint density at radius 1 is 0.981 bits per heavy atom. The van der Waals surface area contributed by atoms with Crippen molar-refractivity contribution in [2.45, 2.75) is 76.8 Å². The van der Waals surface area contributed by atoms with Crippen LogP contribution in [0.25, 0.3) is 0 Å². The summed E-state index contributed by atoms with van der Waals surface area (Å²) in [7, 11) is -1.18. The van der Waals surface area contributed by atoms with Crippen LogP contribution in [0.4, 0.5) is 42.8 Å². The third kappa shape index (κ3) is 10.7. The van der Waals surface area contributed by atoms with E-state index in [0.717, 1.165) is 7.11 Å². The molecule has 290 valence electrons. The number of anilines is 2. The van der Waals surface area contributed by atoms with Crippen molar-refractivity contribution >= 4 is 33.5 Å². The van der Waals surface area contributed by atoms with Crippen LogP contribution >= 0.6 is 0 Å². The number of carbonyl (C=O) groups excluding carboxylic acids is 2. The van der Waals surface area contributed by atoms with Crippen LogP contribution in [0.1, 0.15) is 79.2 Å². The lowest BCUT2D eigenvalue weighted by Gasteiger charge is -2.39. The Morgan fingerprint density at radius 3 is 2.25 bits per heavy atom. The van der Waals surface area contributed by atoms with Gasteiger partial charge in [-0.25, -0.2) is 28.2 Å². The number of alkyl halides is 6. The Balaban J connectivity index is 1.73. The Labute approximate surface area is 302 Å². The number of hydrogen-bond acceptors (Lipinski definition) is 11. The molecule has 2 aromatic heterocycles. The van der Waals surface area contributed by atoms with Gasteiger partial charge in [0.1, 0.15) is 0 Å². The smallest absolute Gasteiger partial charge is 0.416 e. The van der Waals surface area contributed by atoms with E-state index >= 15 is 0 Å². The van der Waals surface area contributed by atoms with Crippen LogP contribution in [-0.4, -0.2) is 73.8 Å².